The zero-order chi connectivity index (χ0) is 21.1. The van der Waals surface area contributed by atoms with E-state index in [-0.39, 0.29) is 17.7 Å². The fraction of sp³-hybridized carbons (Fsp3) is 0.0870. The summed E-state index contributed by atoms with van der Waals surface area (Å²) in [5.74, 6) is 1.11. The van der Waals surface area contributed by atoms with Crippen LogP contribution in [0, 0.1) is 10.1 Å². The highest BCUT2D eigenvalue weighted by Crippen LogP contribution is 2.29. The Morgan fingerprint density at radius 2 is 1.77 bits per heavy atom. The zero-order valence-electron chi connectivity index (χ0n) is 16.0. The number of fused-ring (bicyclic) bond motifs is 1. The highest BCUT2D eigenvalue weighted by molar-refractivity contribution is 5.83. The molecule has 150 valence electrons. The fourth-order valence-electron chi connectivity index (χ4n) is 3.13. The molecule has 0 aliphatic carbocycles. The molecule has 0 spiro atoms. The van der Waals surface area contributed by atoms with Gasteiger partial charge in [-0.2, -0.15) is 0 Å². The van der Waals surface area contributed by atoms with Crippen LogP contribution in [-0.2, 0) is 6.61 Å². The summed E-state index contributed by atoms with van der Waals surface area (Å²) in [6.45, 7) is 0.229. The van der Waals surface area contributed by atoms with E-state index in [0.717, 1.165) is 5.56 Å². The first kappa shape index (κ1) is 19.2. The van der Waals surface area contributed by atoms with Crippen LogP contribution in [0.2, 0.25) is 0 Å². The Bertz CT molecular complexity index is 1280. The Kier molecular flexibility index (Phi) is 5.17. The highest BCUT2D eigenvalue weighted by atomic mass is 16.6. The van der Waals surface area contributed by atoms with Crippen LogP contribution in [0.5, 0.6) is 11.5 Å². The summed E-state index contributed by atoms with van der Waals surface area (Å²) < 4.78 is 16.8. The van der Waals surface area contributed by atoms with Crippen LogP contribution in [0.15, 0.2) is 82.2 Å². The largest absolute Gasteiger partial charge is 0.496 e. The van der Waals surface area contributed by atoms with Gasteiger partial charge in [0.15, 0.2) is 0 Å². The molecule has 4 rings (SSSR count). The Balaban J connectivity index is 1.59. The molecular formula is C23H17NO6. The lowest BCUT2D eigenvalue weighted by Gasteiger charge is -2.09. The van der Waals surface area contributed by atoms with E-state index >= 15 is 0 Å². The summed E-state index contributed by atoms with van der Waals surface area (Å²) in [5.41, 5.74) is 2.13. The molecule has 4 aromatic rings. The van der Waals surface area contributed by atoms with Gasteiger partial charge >= 0.3 is 0 Å². The Labute approximate surface area is 171 Å². The summed E-state index contributed by atoms with van der Waals surface area (Å²) in [6, 6.07) is 18.4. The number of hydrogen-bond acceptors (Lipinski definition) is 6. The van der Waals surface area contributed by atoms with Gasteiger partial charge in [0.05, 0.1) is 23.0 Å². The summed E-state index contributed by atoms with van der Waals surface area (Å²) in [7, 11) is 1.55. The molecule has 0 unspecified atom stereocenters. The number of hydrogen-bond donors (Lipinski definition) is 0. The maximum Gasteiger partial charge on any atom is 0.269 e. The van der Waals surface area contributed by atoms with Crippen LogP contribution in [0.4, 0.5) is 5.69 Å². The second-order valence-electron chi connectivity index (χ2n) is 6.55. The third-order valence-corrected chi connectivity index (χ3v) is 4.70. The molecule has 0 radical (unpaired) electrons. The molecule has 0 saturated heterocycles. The van der Waals surface area contributed by atoms with Crippen molar-refractivity contribution in [3.63, 3.8) is 0 Å². The quantitative estimate of drug-likeness (QED) is 0.334. The fourth-order valence-corrected chi connectivity index (χ4v) is 3.13. The van der Waals surface area contributed by atoms with E-state index in [1.165, 1.54) is 18.4 Å². The summed E-state index contributed by atoms with van der Waals surface area (Å²) in [4.78, 5) is 23.2. The maximum atomic E-state index is 13.0. The van der Waals surface area contributed by atoms with E-state index in [4.69, 9.17) is 13.9 Å². The molecule has 7 heteroatoms. The number of ether oxygens (including phenoxy) is 2. The van der Waals surface area contributed by atoms with E-state index in [9.17, 15) is 14.9 Å². The van der Waals surface area contributed by atoms with Crippen LogP contribution in [0.1, 0.15) is 5.56 Å². The van der Waals surface area contributed by atoms with Gasteiger partial charge in [-0.3, -0.25) is 14.9 Å². The van der Waals surface area contributed by atoms with Crippen molar-refractivity contribution in [3.05, 3.63) is 98.9 Å². The van der Waals surface area contributed by atoms with E-state index in [1.807, 2.05) is 12.1 Å². The zero-order valence-corrected chi connectivity index (χ0v) is 16.0. The van der Waals surface area contributed by atoms with Crippen molar-refractivity contribution in [1.82, 2.24) is 0 Å². The standard InChI is InChI=1S/C23H17NO6/c1-28-21-5-3-2-4-18(21)20-14-30-22-12-17(10-11-19(22)23(20)25)29-13-15-6-8-16(9-7-15)24(26)27/h2-12,14H,13H2,1H3. The number of rotatable bonds is 6. The molecular weight excluding hydrogens is 386 g/mol. The minimum atomic E-state index is -0.449. The summed E-state index contributed by atoms with van der Waals surface area (Å²) >= 11 is 0. The van der Waals surface area contributed by atoms with Crippen molar-refractivity contribution in [2.75, 3.05) is 7.11 Å². The van der Waals surface area contributed by atoms with Crippen molar-refractivity contribution < 1.29 is 18.8 Å². The van der Waals surface area contributed by atoms with Gasteiger partial charge in [-0.1, -0.05) is 18.2 Å². The molecule has 0 N–H and O–H groups in total. The van der Waals surface area contributed by atoms with Gasteiger partial charge in [-0.15, -0.1) is 0 Å². The molecule has 0 bridgehead atoms. The maximum absolute atomic E-state index is 13.0. The predicted molar refractivity (Wildman–Crippen MR) is 112 cm³/mol. The lowest BCUT2D eigenvalue weighted by molar-refractivity contribution is -0.384. The summed E-state index contributed by atoms with van der Waals surface area (Å²) in [6.07, 6.45) is 1.42. The number of nitrogens with zero attached hydrogens (tertiary/aromatic N) is 1. The van der Waals surface area contributed by atoms with Crippen molar-refractivity contribution in [1.29, 1.82) is 0 Å². The van der Waals surface area contributed by atoms with Crippen molar-refractivity contribution in [2.45, 2.75) is 6.61 Å². The van der Waals surface area contributed by atoms with Crippen LogP contribution >= 0.6 is 0 Å². The SMILES string of the molecule is COc1ccccc1-c1coc2cc(OCc3ccc([N+](=O)[O-])cc3)ccc2c1=O. The summed E-state index contributed by atoms with van der Waals surface area (Å²) in [5, 5.41) is 11.2. The molecule has 0 saturated carbocycles. The molecule has 1 heterocycles. The minimum Gasteiger partial charge on any atom is -0.496 e. The first-order valence-electron chi connectivity index (χ1n) is 9.12. The van der Waals surface area contributed by atoms with E-state index in [1.54, 1.807) is 49.6 Å². The van der Waals surface area contributed by atoms with E-state index < -0.39 is 4.92 Å². The third kappa shape index (κ3) is 3.73. The topological polar surface area (TPSA) is 91.8 Å². The molecule has 1 aromatic heterocycles. The molecule has 0 atom stereocenters. The number of para-hydroxylation sites is 1. The normalized spacial score (nSPS) is 10.7. The number of non-ortho nitro benzene ring substituents is 1. The molecule has 3 aromatic carbocycles. The van der Waals surface area contributed by atoms with Gasteiger partial charge in [0, 0.05) is 23.8 Å². The predicted octanol–water partition coefficient (Wildman–Crippen LogP) is 4.96. The highest BCUT2D eigenvalue weighted by Gasteiger charge is 2.13. The van der Waals surface area contributed by atoms with Gasteiger partial charge in [-0.05, 0) is 35.9 Å². The number of nitro groups is 1. The minimum absolute atomic E-state index is 0.0251. The van der Waals surface area contributed by atoms with Gasteiger partial charge in [0.1, 0.15) is 30.0 Å². The van der Waals surface area contributed by atoms with E-state index in [2.05, 4.69) is 0 Å². The van der Waals surface area contributed by atoms with Crippen LogP contribution in [-0.4, -0.2) is 12.0 Å². The Hall–Kier alpha value is -4.13. The van der Waals surface area contributed by atoms with Gasteiger partial charge < -0.3 is 13.9 Å². The first-order chi connectivity index (χ1) is 14.6. The molecule has 0 aliphatic rings. The van der Waals surface area contributed by atoms with Gasteiger partial charge in [0.25, 0.3) is 5.69 Å². The lowest BCUT2D eigenvalue weighted by atomic mass is 10.0. The second kappa shape index (κ2) is 8.08. The number of methoxy groups -OCH3 is 1. The molecule has 30 heavy (non-hydrogen) atoms. The first-order valence-corrected chi connectivity index (χ1v) is 9.12. The molecule has 7 nitrogen and oxygen atoms in total. The van der Waals surface area contributed by atoms with Crippen LogP contribution in [0.3, 0.4) is 0 Å². The lowest BCUT2D eigenvalue weighted by Crippen LogP contribution is -2.06. The van der Waals surface area contributed by atoms with Gasteiger partial charge in [0.2, 0.25) is 5.43 Å². The Morgan fingerprint density at radius 1 is 1.00 bits per heavy atom. The number of nitro benzene ring substituents is 1. The van der Waals surface area contributed by atoms with Crippen LogP contribution < -0.4 is 14.9 Å². The monoisotopic (exact) mass is 403 g/mol. The Morgan fingerprint density at radius 3 is 2.50 bits per heavy atom. The average Bonchev–Trinajstić information content (AvgIpc) is 2.78. The number of benzene rings is 3. The average molecular weight is 403 g/mol. The van der Waals surface area contributed by atoms with Crippen molar-refractivity contribution in [2.24, 2.45) is 0 Å². The van der Waals surface area contributed by atoms with Crippen molar-refractivity contribution >= 4 is 16.7 Å². The molecule has 0 fully saturated rings. The van der Waals surface area contributed by atoms with Gasteiger partial charge in [-0.25, -0.2) is 0 Å². The molecule has 0 amide bonds. The second-order valence-corrected chi connectivity index (χ2v) is 6.55. The molecule has 0 aliphatic heterocycles. The van der Waals surface area contributed by atoms with Crippen LogP contribution in [0.25, 0.3) is 22.1 Å². The van der Waals surface area contributed by atoms with Crippen molar-refractivity contribution in [3.8, 4) is 22.6 Å². The smallest absolute Gasteiger partial charge is 0.269 e. The third-order valence-electron chi connectivity index (χ3n) is 4.70. The van der Waals surface area contributed by atoms with E-state index in [0.29, 0.717) is 33.6 Å².